The minimum atomic E-state index is 0.409. The van der Waals surface area contributed by atoms with E-state index in [0.717, 1.165) is 6.42 Å². The summed E-state index contributed by atoms with van der Waals surface area (Å²) in [7, 11) is 2.11. The zero-order valence-corrected chi connectivity index (χ0v) is 12.9. The van der Waals surface area contributed by atoms with Gasteiger partial charge in [-0.15, -0.1) is 0 Å². The Hall–Kier alpha value is -0.470. The van der Waals surface area contributed by atoms with Gasteiger partial charge in [0.15, 0.2) is 0 Å². The van der Waals surface area contributed by atoms with Crippen molar-refractivity contribution in [1.82, 2.24) is 5.32 Å². The summed E-state index contributed by atoms with van der Waals surface area (Å²) in [5.74, 6) is 1.32. The first-order chi connectivity index (χ1) is 8.53. The molecule has 0 bridgehead atoms. The number of rotatable bonds is 4. The molecule has 1 heterocycles. The summed E-state index contributed by atoms with van der Waals surface area (Å²) in [6.45, 7) is 6.81. The van der Waals surface area contributed by atoms with Gasteiger partial charge in [0.25, 0.3) is 0 Å². The van der Waals surface area contributed by atoms with Crippen molar-refractivity contribution in [3.8, 4) is 0 Å². The molecule has 2 heteroatoms. The monoisotopic (exact) mass is 263 g/mol. The molecule has 1 N–H and O–H groups in total. The number of hydrogen-bond acceptors (Lipinski definition) is 2. The predicted octanol–water partition coefficient (Wildman–Crippen LogP) is 3.72. The fourth-order valence-electron chi connectivity index (χ4n) is 3.12. The number of benzene rings is 1. The van der Waals surface area contributed by atoms with E-state index in [2.05, 4.69) is 63.1 Å². The van der Waals surface area contributed by atoms with E-state index >= 15 is 0 Å². The lowest BCUT2D eigenvalue weighted by Crippen LogP contribution is -2.45. The molecule has 0 amide bonds. The van der Waals surface area contributed by atoms with Crippen LogP contribution in [0.3, 0.4) is 0 Å². The lowest BCUT2D eigenvalue weighted by Gasteiger charge is -2.33. The van der Waals surface area contributed by atoms with Crippen LogP contribution in [-0.4, -0.2) is 23.6 Å². The van der Waals surface area contributed by atoms with Crippen LogP contribution < -0.4 is 5.32 Å². The zero-order chi connectivity index (χ0) is 13.2. The molecule has 0 saturated carbocycles. The molecule has 1 aliphatic heterocycles. The van der Waals surface area contributed by atoms with E-state index < -0.39 is 0 Å². The largest absolute Gasteiger partial charge is 0.315 e. The number of likely N-dealkylation sites (N-methyl/N-ethyl adjacent to an activating group) is 1. The minimum absolute atomic E-state index is 0.409. The third kappa shape index (κ3) is 3.10. The van der Waals surface area contributed by atoms with Gasteiger partial charge in [0.05, 0.1) is 0 Å². The Morgan fingerprint density at radius 3 is 2.44 bits per heavy atom. The zero-order valence-electron chi connectivity index (χ0n) is 12.0. The molecule has 0 radical (unpaired) electrons. The maximum atomic E-state index is 3.55. The average molecular weight is 263 g/mol. The number of thioether (sulfide) groups is 1. The maximum absolute atomic E-state index is 3.55. The lowest BCUT2D eigenvalue weighted by atomic mass is 9.90. The average Bonchev–Trinajstić information content (AvgIpc) is 2.72. The van der Waals surface area contributed by atoms with E-state index in [1.165, 1.54) is 35.3 Å². The molecule has 0 aromatic heterocycles. The maximum Gasteiger partial charge on any atom is 0.0288 e. The fraction of sp³-hybridized carbons (Fsp3) is 0.625. The quantitative estimate of drug-likeness (QED) is 0.888. The molecule has 2 unspecified atom stereocenters. The number of nitrogens with one attached hydrogen (secondary N) is 1. The van der Waals surface area contributed by atoms with E-state index in [-0.39, 0.29) is 0 Å². The van der Waals surface area contributed by atoms with E-state index in [4.69, 9.17) is 0 Å². The van der Waals surface area contributed by atoms with Crippen LogP contribution in [0.25, 0.3) is 0 Å². The molecule has 1 saturated heterocycles. The first-order valence-electron chi connectivity index (χ1n) is 6.92. The summed E-state index contributed by atoms with van der Waals surface area (Å²) in [4.78, 5) is 0. The summed E-state index contributed by atoms with van der Waals surface area (Å²) < 4.78 is 0.409. The smallest absolute Gasteiger partial charge is 0.0288 e. The van der Waals surface area contributed by atoms with Gasteiger partial charge in [0.1, 0.15) is 0 Å². The Balaban J connectivity index is 2.14. The second-order valence-electron chi connectivity index (χ2n) is 5.81. The van der Waals surface area contributed by atoms with E-state index in [0.29, 0.717) is 10.8 Å². The summed E-state index contributed by atoms with van der Waals surface area (Å²) >= 11 is 2.14. The Morgan fingerprint density at radius 1 is 1.28 bits per heavy atom. The van der Waals surface area contributed by atoms with Gasteiger partial charge in [-0.05, 0) is 58.4 Å². The van der Waals surface area contributed by atoms with Crippen LogP contribution in [0.2, 0.25) is 0 Å². The standard InChI is InChI=1S/C16H25NS/c1-12-8-13(2)10-14(9-12)11-15(17-4)16(3)6-5-7-18-16/h8-10,15,17H,5-7,11H2,1-4H3. The van der Waals surface area contributed by atoms with Crippen molar-refractivity contribution in [3.05, 3.63) is 34.9 Å². The normalized spacial score (nSPS) is 25.3. The van der Waals surface area contributed by atoms with Crippen molar-refractivity contribution < 1.29 is 0 Å². The van der Waals surface area contributed by atoms with Gasteiger partial charge in [-0.3, -0.25) is 0 Å². The summed E-state index contributed by atoms with van der Waals surface area (Å²) in [5.41, 5.74) is 4.23. The molecule has 1 nitrogen and oxygen atoms in total. The number of aryl methyl sites for hydroxylation is 2. The van der Waals surface area contributed by atoms with Crippen molar-refractivity contribution in [2.45, 2.75) is 50.8 Å². The Bertz CT molecular complexity index is 387. The third-order valence-corrected chi connectivity index (χ3v) is 5.70. The second-order valence-corrected chi connectivity index (χ2v) is 7.44. The topological polar surface area (TPSA) is 12.0 Å². The van der Waals surface area contributed by atoms with Crippen LogP contribution in [0.5, 0.6) is 0 Å². The van der Waals surface area contributed by atoms with Crippen LogP contribution in [0.1, 0.15) is 36.5 Å². The summed E-state index contributed by atoms with van der Waals surface area (Å²) in [5, 5.41) is 3.55. The highest BCUT2D eigenvalue weighted by Crippen LogP contribution is 2.41. The molecule has 1 aromatic rings. The highest BCUT2D eigenvalue weighted by Gasteiger charge is 2.36. The van der Waals surface area contributed by atoms with Gasteiger partial charge < -0.3 is 5.32 Å². The Labute approximate surface area is 116 Å². The molecule has 2 rings (SSSR count). The summed E-state index contributed by atoms with van der Waals surface area (Å²) in [6, 6.07) is 7.50. The van der Waals surface area contributed by atoms with Crippen molar-refractivity contribution >= 4 is 11.8 Å². The van der Waals surface area contributed by atoms with E-state index in [1.807, 2.05) is 0 Å². The van der Waals surface area contributed by atoms with Crippen molar-refractivity contribution in [2.24, 2.45) is 0 Å². The molecule has 1 fully saturated rings. The molecule has 100 valence electrons. The van der Waals surface area contributed by atoms with Crippen LogP contribution in [-0.2, 0) is 6.42 Å². The highest BCUT2D eigenvalue weighted by atomic mass is 32.2. The molecular weight excluding hydrogens is 238 g/mol. The van der Waals surface area contributed by atoms with Gasteiger partial charge in [-0.25, -0.2) is 0 Å². The second kappa shape index (κ2) is 5.66. The predicted molar refractivity (Wildman–Crippen MR) is 82.6 cm³/mol. The van der Waals surface area contributed by atoms with Crippen molar-refractivity contribution in [2.75, 3.05) is 12.8 Å². The van der Waals surface area contributed by atoms with E-state index in [1.54, 1.807) is 0 Å². The SMILES string of the molecule is CNC(Cc1cc(C)cc(C)c1)C1(C)CCCS1. The first kappa shape index (κ1) is 14.0. The molecule has 0 spiro atoms. The minimum Gasteiger partial charge on any atom is -0.315 e. The summed E-state index contributed by atoms with van der Waals surface area (Å²) in [6.07, 6.45) is 3.85. The van der Waals surface area contributed by atoms with E-state index in [9.17, 15) is 0 Å². The fourth-order valence-corrected chi connectivity index (χ4v) is 4.57. The van der Waals surface area contributed by atoms with Crippen LogP contribution in [0.4, 0.5) is 0 Å². The first-order valence-corrected chi connectivity index (χ1v) is 7.90. The lowest BCUT2D eigenvalue weighted by molar-refractivity contribution is 0.424. The molecule has 1 aliphatic rings. The van der Waals surface area contributed by atoms with Crippen molar-refractivity contribution in [3.63, 3.8) is 0 Å². The Kier molecular flexibility index (Phi) is 4.39. The van der Waals surface area contributed by atoms with Crippen LogP contribution >= 0.6 is 11.8 Å². The van der Waals surface area contributed by atoms with Gasteiger partial charge in [0, 0.05) is 10.8 Å². The Morgan fingerprint density at radius 2 is 1.94 bits per heavy atom. The molecule has 0 aliphatic carbocycles. The van der Waals surface area contributed by atoms with Crippen LogP contribution in [0.15, 0.2) is 18.2 Å². The number of hydrogen-bond donors (Lipinski definition) is 1. The third-order valence-electron chi connectivity index (χ3n) is 4.06. The molecular formula is C16H25NS. The molecule has 1 aromatic carbocycles. The van der Waals surface area contributed by atoms with Gasteiger partial charge in [-0.1, -0.05) is 29.3 Å². The van der Waals surface area contributed by atoms with Crippen LogP contribution in [0, 0.1) is 13.8 Å². The van der Waals surface area contributed by atoms with Gasteiger partial charge >= 0.3 is 0 Å². The molecule has 2 atom stereocenters. The van der Waals surface area contributed by atoms with Gasteiger partial charge in [0.2, 0.25) is 0 Å². The van der Waals surface area contributed by atoms with Gasteiger partial charge in [-0.2, -0.15) is 11.8 Å². The molecule has 18 heavy (non-hydrogen) atoms. The highest BCUT2D eigenvalue weighted by molar-refractivity contribution is 8.00. The van der Waals surface area contributed by atoms with Crippen molar-refractivity contribution in [1.29, 1.82) is 0 Å².